The molecule has 0 saturated carbocycles. The number of aliphatic hydroxyl groups is 1. The van der Waals surface area contributed by atoms with Crippen molar-refractivity contribution in [3.05, 3.63) is 12.2 Å². The van der Waals surface area contributed by atoms with Crippen LogP contribution in [0.4, 0.5) is 4.79 Å². The van der Waals surface area contributed by atoms with E-state index in [2.05, 4.69) is 0 Å². The first kappa shape index (κ1) is 17.5. The van der Waals surface area contributed by atoms with Gasteiger partial charge in [-0.25, -0.2) is 4.79 Å². The van der Waals surface area contributed by atoms with Gasteiger partial charge in [0.1, 0.15) is 11.7 Å². The normalized spacial score (nSPS) is 20.6. The molecule has 21 heavy (non-hydrogen) atoms. The van der Waals surface area contributed by atoms with Crippen LogP contribution in [0.2, 0.25) is 0 Å². The molecule has 120 valence electrons. The van der Waals surface area contributed by atoms with Crippen LogP contribution in [0.1, 0.15) is 40.5 Å². The summed E-state index contributed by atoms with van der Waals surface area (Å²) in [4.78, 5) is 25.0. The summed E-state index contributed by atoms with van der Waals surface area (Å²) in [5.41, 5.74) is -0.567. The molecular weight excluding hydrogens is 274 g/mol. The lowest BCUT2D eigenvalue weighted by Gasteiger charge is -2.31. The summed E-state index contributed by atoms with van der Waals surface area (Å²) in [6.45, 7) is 7.19. The van der Waals surface area contributed by atoms with Crippen molar-refractivity contribution in [2.45, 2.75) is 58.3 Å². The van der Waals surface area contributed by atoms with Crippen molar-refractivity contribution in [1.29, 1.82) is 0 Å². The van der Waals surface area contributed by atoms with Crippen molar-refractivity contribution in [3.63, 3.8) is 0 Å². The summed E-state index contributed by atoms with van der Waals surface area (Å²) in [6, 6.07) is -0.258. The number of aliphatic hydroxyl groups excluding tert-OH is 1. The van der Waals surface area contributed by atoms with Gasteiger partial charge in [0, 0.05) is 13.5 Å². The first-order chi connectivity index (χ1) is 9.74. The molecule has 0 aliphatic carbocycles. The highest BCUT2D eigenvalue weighted by molar-refractivity contribution is 5.69. The van der Waals surface area contributed by atoms with Gasteiger partial charge in [0.2, 0.25) is 0 Å². The van der Waals surface area contributed by atoms with E-state index in [0.717, 1.165) is 12.8 Å². The largest absolute Gasteiger partial charge is 0.456 e. The molecule has 1 aliphatic rings. The van der Waals surface area contributed by atoms with E-state index in [1.54, 1.807) is 11.0 Å². The van der Waals surface area contributed by atoms with Gasteiger partial charge >= 0.3 is 12.1 Å². The van der Waals surface area contributed by atoms with Crippen molar-refractivity contribution in [2.75, 3.05) is 13.2 Å². The molecule has 2 atom stereocenters. The smallest absolute Gasteiger partial charge is 0.410 e. The number of amides is 1. The Morgan fingerprint density at radius 2 is 2.10 bits per heavy atom. The van der Waals surface area contributed by atoms with Crippen LogP contribution in [0.5, 0.6) is 0 Å². The van der Waals surface area contributed by atoms with Crippen LogP contribution in [-0.2, 0) is 14.3 Å². The molecule has 1 heterocycles. The maximum atomic E-state index is 12.2. The first-order valence-corrected chi connectivity index (χ1v) is 7.19. The number of nitrogens with zero attached hydrogens (tertiary/aromatic N) is 1. The summed E-state index contributed by atoms with van der Waals surface area (Å²) in [7, 11) is 0. The number of hydrogen-bond acceptors (Lipinski definition) is 5. The monoisotopic (exact) mass is 299 g/mol. The third-order valence-electron chi connectivity index (χ3n) is 3.04. The van der Waals surface area contributed by atoms with Gasteiger partial charge in [-0.3, -0.25) is 4.79 Å². The lowest BCUT2D eigenvalue weighted by Crippen LogP contribution is -2.45. The Morgan fingerprint density at radius 1 is 1.43 bits per heavy atom. The molecule has 1 fully saturated rings. The Hall–Kier alpha value is -1.56. The van der Waals surface area contributed by atoms with Gasteiger partial charge in [-0.05, 0) is 39.7 Å². The highest BCUT2D eigenvalue weighted by Gasteiger charge is 2.37. The van der Waals surface area contributed by atoms with Gasteiger partial charge in [-0.2, -0.15) is 0 Å². The number of carbonyl (C=O) groups is 2. The molecule has 1 rings (SSSR count). The average Bonchev–Trinajstić information content (AvgIpc) is 2.81. The van der Waals surface area contributed by atoms with Crippen molar-refractivity contribution >= 4 is 12.1 Å². The minimum atomic E-state index is -0.567. The Balaban J connectivity index is 2.83. The number of rotatable bonds is 4. The summed E-state index contributed by atoms with van der Waals surface area (Å²) in [5, 5.41) is 8.89. The van der Waals surface area contributed by atoms with Crippen LogP contribution in [0.25, 0.3) is 0 Å². The molecule has 0 aromatic heterocycles. The second kappa shape index (κ2) is 7.45. The van der Waals surface area contributed by atoms with Gasteiger partial charge in [-0.1, -0.05) is 6.08 Å². The molecule has 1 amide bonds. The van der Waals surface area contributed by atoms with Crippen molar-refractivity contribution in [1.82, 2.24) is 4.90 Å². The van der Waals surface area contributed by atoms with E-state index in [-0.39, 0.29) is 12.6 Å². The molecule has 0 radical (unpaired) electrons. The summed E-state index contributed by atoms with van der Waals surface area (Å²) < 4.78 is 10.6. The fourth-order valence-electron chi connectivity index (χ4n) is 2.31. The lowest BCUT2D eigenvalue weighted by molar-refractivity contribution is -0.146. The Bertz CT molecular complexity index is 399. The minimum absolute atomic E-state index is 0.142. The second-order valence-corrected chi connectivity index (χ2v) is 6.07. The van der Waals surface area contributed by atoms with Crippen LogP contribution >= 0.6 is 0 Å². The zero-order chi connectivity index (χ0) is 16.0. The zero-order valence-electron chi connectivity index (χ0n) is 13.2. The van der Waals surface area contributed by atoms with Crippen molar-refractivity contribution in [2.24, 2.45) is 0 Å². The van der Waals surface area contributed by atoms with Crippen LogP contribution in [-0.4, -0.2) is 53.0 Å². The van der Waals surface area contributed by atoms with Crippen molar-refractivity contribution < 1.29 is 24.2 Å². The van der Waals surface area contributed by atoms with E-state index >= 15 is 0 Å². The molecule has 0 aromatic rings. The molecule has 1 N–H and O–H groups in total. The van der Waals surface area contributed by atoms with E-state index in [0.29, 0.717) is 6.54 Å². The van der Waals surface area contributed by atoms with Crippen molar-refractivity contribution in [3.8, 4) is 0 Å². The van der Waals surface area contributed by atoms with Crippen LogP contribution in [0.3, 0.4) is 0 Å². The molecule has 6 heteroatoms. The zero-order valence-corrected chi connectivity index (χ0v) is 13.2. The standard InChI is InChI=1S/C15H25NO5/c1-11(18)20-13(8-6-10-17)12-7-5-9-16(12)14(19)21-15(2,3)4/h6,8,12-13,17H,5,7,9-10H2,1-4H3/b8-6-/t12-,13+/m0/s1. The third-order valence-corrected chi connectivity index (χ3v) is 3.04. The molecule has 0 bridgehead atoms. The van der Waals surface area contributed by atoms with Crippen LogP contribution in [0, 0.1) is 0 Å². The number of ether oxygens (including phenoxy) is 2. The van der Waals surface area contributed by atoms with E-state index in [4.69, 9.17) is 14.6 Å². The SMILES string of the molecule is CC(=O)O[C@H](/C=C\CO)[C@@H]1CCCN1C(=O)OC(C)(C)C. The number of hydrogen-bond donors (Lipinski definition) is 1. The van der Waals surface area contributed by atoms with Gasteiger partial charge in [0.15, 0.2) is 0 Å². The Labute approximate surface area is 125 Å². The topological polar surface area (TPSA) is 76.1 Å². The fraction of sp³-hybridized carbons (Fsp3) is 0.733. The molecular formula is C15H25NO5. The maximum Gasteiger partial charge on any atom is 0.410 e. The predicted molar refractivity (Wildman–Crippen MR) is 77.7 cm³/mol. The molecule has 6 nitrogen and oxygen atoms in total. The Kier molecular flexibility index (Phi) is 6.20. The highest BCUT2D eigenvalue weighted by Crippen LogP contribution is 2.25. The third kappa shape index (κ3) is 5.75. The summed E-state index contributed by atoms with van der Waals surface area (Å²) >= 11 is 0. The number of carbonyl (C=O) groups excluding carboxylic acids is 2. The van der Waals surface area contributed by atoms with Gasteiger partial charge < -0.3 is 19.5 Å². The van der Waals surface area contributed by atoms with Gasteiger partial charge in [0.25, 0.3) is 0 Å². The van der Waals surface area contributed by atoms with Gasteiger partial charge in [0.05, 0.1) is 12.6 Å². The second-order valence-electron chi connectivity index (χ2n) is 6.07. The maximum absolute atomic E-state index is 12.2. The highest BCUT2D eigenvalue weighted by atomic mass is 16.6. The van der Waals surface area contributed by atoms with E-state index < -0.39 is 23.8 Å². The van der Waals surface area contributed by atoms with Crippen LogP contribution < -0.4 is 0 Å². The fourth-order valence-corrected chi connectivity index (χ4v) is 2.31. The minimum Gasteiger partial charge on any atom is -0.456 e. The molecule has 0 aromatic carbocycles. The van der Waals surface area contributed by atoms with Gasteiger partial charge in [-0.15, -0.1) is 0 Å². The number of likely N-dealkylation sites (tertiary alicyclic amines) is 1. The summed E-state index contributed by atoms with van der Waals surface area (Å²) in [5.74, 6) is -0.418. The molecule has 0 spiro atoms. The lowest BCUT2D eigenvalue weighted by atomic mass is 10.1. The first-order valence-electron chi connectivity index (χ1n) is 7.19. The van der Waals surface area contributed by atoms with E-state index in [9.17, 15) is 9.59 Å². The number of esters is 1. The van der Waals surface area contributed by atoms with Crippen LogP contribution in [0.15, 0.2) is 12.2 Å². The quantitative estimate of drug-likeness (QED) is 0.633. The molecule has 1 saturated heterocycles. The predicted octanol–water partition coefficient (Wildman–Crippen LogP) is 1.87. The van der Waals surface area contributed by atoms with E-state index in [1.807, 2.05) is 20.8 Å². The molecule has 0 unspecified atom stereocenters. The van der Waals surface area contributed by atoms with E-state index in [1.165, 1.54) is 13.0 Å². The summed E-state index contributed by atoms with van der Waals surface area (Å²) in [6.07, 6.45) is 3.72. The Morgan fingerprint density at radius 3 is 2.62 bits per heavy atom. The average molecular weight is 299 g/mol. The molecule has 1 aliphatic heterocycles.